The molecule has 0 aromatic heterocycles. The Morgan fingerprint density at radius 2 is 1.78 bits per heavy atom. The van der Waals surface area contributed by atoms with E-state index in [4.69, 9.17) is 0 Å². The van der Waals surface area contributed by atoms with Crippen molar-refractivity contribution in [1.29, 1.82) is 0 Å². The van der Waals surface area contributed by atoms with E-state index in [9.17, 15) is 13.5 Å². The van der Waals surface area contributed by atoms with Crippen LogP contribution >= 0.6 is 0 Å². The molecule has 1 aliphatic rings. The normalized spacial score (nSPS) is 18.0. The van der Waals surface area contributed by atoms with Crippen LogP contribution in [0.5, 0.6) is 0 Å². The molecule has 6 heteroatoms. The fourth-order valence-corrected chi connectivity index (χ4v) is 2.81. The van der Waals surface area contributed by atoms with E-state index >= 15 is 0 Å². The Morgan fingerprint density at radius 3 is 2.28 bits per heavy atom. The zero-order valence-corrected chi connectivity index (χ0v) is 11.2. The number of hydrogen-bond acceptors (Lipinski definition) is 4. The van der Waals surface area contributed by atoms with E-state index in [1.807, 2.05) is 12.1 Å². The maximum absolute atomic E-state index is 11.6. The number of rotatable bonds is 3. The van der Waals surface area contributed by atoms with Crippen LogP contribution in [0.15, 0.2) is 29.2 Å². The molecule has 0 radical (unpaired) electrons. The Morgan fingerprint density at radius 1 is 1.22 bits per heavy atom. The molecule has 0 amide bonds. The highest BCUT2D eigenvalue weighted by atomic mass is 32.2. The van der Waals surface area contributed by atoms with Gasteiger partial charge in [-0.15, -0.1) is 0 Å². The maximum atomic E-state index is 11.6. The standard InChI is InChI=1S/C12H18N2O3S/c1-13-18(16,17)12-4-2-10(3-5-12)14-8-6-11(15)7-9-14/h2-5,11,13,15H,6-9H2,1H3. The number of anilines is 1. The van der Waals surface area contributed by atoms with Crippen molar-refractivity contribution < 1.29 is 13.5 Å². The molecule has 0 atom stereocenters. The van der Waals surface area contributed by atoms with Crippen LogP contribution in [0.25, 0.3) is 0 Å². The molecule has 0 aliphatic carbocycles. The average Bonchev–Trinajstić information content (AvgIpc) is 2.40. The SMILES string of the molecule is CNS(=O)(=O)c1ccc(N2CCC(O)CC2)cc1. The van der Waals surface area contributed by atoms with Gasteiger partial charge in [0, 0.05) is 18.8 Å². The minimum Gasteiger partial charge on any atom is -0.393 e. The number of nitrogens with zero attached hydrogens (tertiary/aromatic N) is 1. The van der Waals surface area contributed by atoms with Crippen LogP contribution in [0.2, 0.25) is 0 Å². The van der Waals surface area contributed by atoms with Gasteiger partial charge in [-0.05, 0) is 44.2 Å². The summed E-state index contributed by atoms with van der Waals surface area (Å²) in [6, 6.07) is 6.82. The molecule has 0 unspecified atom stereocenters. The Labute approximate surface area is 107 Å². The van der Waals surface area contributed by atoms with E-state index in [1.54, 1.807) is 12.1 Å². The predicted molar refractivity (Wildman–Crippen MR) is 70.1 cm³/mol. The van der Waals surface area contributed by atoms with Gasteiger partial charge in [-0.25, -0.2) is 13.1 Å². The predicted octanol–water partition coefficient (Wildman–Crippen LogP) is 0.556. The number of nitrogens with one attached hydrogen (secondary N) is 1. The topological polar surface area (TPSA) is 69.6 Å². The maximum Gasteiger partial charge on any atom is 0.240 e. The van der Waals surface area contributed by atoms with E-state index < -0.39 is 10.0 Å². The fraction of sp³-hybridized carbons (Fsp3) is 0.500. The van der Waals surface area contributed by atoms with Crippen molar-refractivity contribution in [1.82, 2.24) is 4.72 Å². The van der Waals surface area contributed by atoms with E-state index in [-0.39, 0.29) is 11.0 Å². The average molecular weight is 270 g/mol. The summed E-state index contributed by atoms with van der Waals surface area (Å²) in [6.45, 7) is 1.61. The fourth-order valence-electron chi connectivity index (χ4n) is 2.08. The lowest BCUT2D eigenvalue weighted by atomic mass is 10.1. The van der Waals surface area contributed by atoms with Crippen molar-refractivity contribution in [2.75, 3.05) is 25.0 Å². The van der Waals surface area contributed by atoms with Crippen LogP contribution < -0.4 is 9.62 Å². The molecular weight excluding hydrogens is 252 g/mol. The van der Waals surface area contributed by atoms with Crippen molar-refractivity contribution in [2.24, 2.45) is 0 Å². The molecule has 1 heterocycles. The first kappa shape index (κ1) is 13.3. The monoisotopic (exact) mass is 270 g/mol. The third-order valence-electron chi connectivity index (χ3n) is 3.25. The van der Waals surface area contributed by atoms with Crippen LogP contribution in [0.3, 0.4) is 0 Å². The highest BCUT2D eigenvalue weighted by Gasteiger charge is 2.18. The number of sulfonamides is 1. The van der Waals surface area contributed by atoms with E-state index in [2.05, 4.69) is 9.62 Å². The number of aliphatic hydroxyl groups excluding tert-OH is 1. The smallest absolute Gasteiger partial charge is 0.240 e. The second kappa shape index (κ2) is 5.26. The number of hydrogen-bond donors (Lipinski definition) is 2. The highest BCUT2D eigenvalue weighted by molar-refractivity contribution is 7.89. The molecule has 18 heavy (non-hydrogen) atoms. The van der Waals surface area contributed by atoms with Gasteiger partial charge in [0.05, 0.1) is 11.0 Å². The molecular formula is C12H18N2O3S. The zero-order chi connectivity index (χ0) is 13.2. The first-order valence-corrected chi connectivity index (χ1v) is 7.48. The lowest BCUT2D eigenvalue weighted by Gasteiger charge is -2.31. The van der Waals surface area contributed by atoms with Gasteiger partial charge in [0.15, 0.2) is 0 Å². The molecule has 1 aromatic carbocycles. The molecule has 0 saturated carbocycles. The molecule has 2 N–H and O–H groups in total. The van der Waals surface area contributed by atoms with Crippen molar-refractivity contribution in [3.05, 3.63) is 24.3 Å². The Bertz CT molecular complexity index is 491. The van der Waals surface area contributed by atoms with Crippen molar-refractivity contribution in [2.45, 2.75) is 23.8 Å². The van der Waals surface area contributed by atoms with Crippen molar-refractivity contribution >= 4 is 15.7 Å². The lowest BCUT2D eigenvalue weighted by molar-refractivity contribution is 0.145. The van der Waals surface area contributed by atoms with Gasteiger partial charge >= 0.3 is 0 Å². The largest absolute Gasteiger partial charge is 0.393 e. The summed E-state index contributed by atoms with van der Waals surface area (Å²) in [4.78, 5) is 2.42. The number of benzene rings is 1. The minimum absolute atomic E-state index is 0.204. The second-order valence-electron chi connectivity index (χ2n) is 4.42. The Hall–Kier alpha value is -1.11. The zero-order valence-electron chi connectivity index (χ0n) is 10.3. The first-order valence-electron chi connectivity index (χ1n) is 5.99. The molecule has 1 saturated heterocycles. The van der Waals surface area contributed by atoms with Crippen molar-refractivity contribution in [3.63, 3.8) is 0 Å². The van der Waals surface area contributed by atoms with E-state index in [0.29, 0.717) is 0 Å². The summed E-state index contributed by atoms with van der Waals surface area (Å²) in [5, 5.41) is 9.44. The summed E-state index contributed by atoms with van der Waals surface area (Å²) in [5.74, 6) is 0. The molecule has 1 aromatic rings. The summed E-state index contributed by atoms with van der Waals surface area (Å²) < 4.78 is 25.4. The molecule has 1 fully saturated rings. The van der Waals surface area contributed by atoms with Gasteiger partial charge in [0.1, 0.15) is 0 Å². The minimum atomic E-state index is -3.36. The van der Waals surface area contributed by atoms with Gasteiger partial charge in [-0.1, -0.05) is 0 Å². The van der Waals surface area contributed by atoms with Gasteiger partial charge in [-0.3, -0.25) is 0 Å². The molecule has 0 spiro atoms. The number of aliphatic hydroxyl groups is 1. The number of piperidine rings is 1. The Kier molecular flexibility index (Phi) is 3.89. The van der Waals surface area contributed by atoms with Gasteiger partial charge in [0.25, 0.3) is 0 Å². The summed E-state index contributed by atoms with van der Waals surface area (Å²) in [5.41, 5.74) is 0.997. The molecule has 5 nitrogen and oxygen atoms in total. The van der Waals surface area contributed by atoms with Gasteiger partial charge < -0.3 is 10.0 Å². The van der Waals surface area contributed by atoms with Gasteiger partial charge in [-0.2, -0.15) is 0 Å². The summed E-state index contributed by atoms with van der Waals surface area (Å²) in [6.07, 6.45) is 1.32. The molecule has 2 rings (SSSR count). The van der Waals surface area contributed by atoms with Crippen LogP contribution in [-0.2, 0) is 10.0 Å². The van der Waals surface area contributed by atoms with Crippen LogP contribution in [0, 0.1) is 0 Å². The Balaban J connectivity index is 2.13. The third-order valence-corrected chi connectivity index (χ3v) is 4.68. The quantitative estimate of drug-likeness (QED) is 0.842. The summed E-state index contributed by atoms with van der Waals surface area (Å²) in [7, 11) is -1.96. The van der Waals surface area contributed by atoms with E-state index in [0.717, 1.165) is 31.6 Å². The van der Waals surface area contributed by atoms with Crippen LogP contribution in [-0.4, -0.2) is 39.8 Å². The van der Waals surface area contributed by atoms with Crippen LogP contribution in [0.1, 0.15) is 12.8 Å². The third kappa shape index (κ3) is 2.82. The second-order valence-corrected chi connectivity index (χ2v) is 6.31. The van der Waals surface area contributed by atoms with Gasteiger partial charge in [0.2, 0.25) is 10.0 Å². The molecule has 1 aliphatic heterocycles. The lowest BCUT2D eigenvalue weighted by Crippen LogP contribution is -2.35. The first-order chi connectivity index (χ1) is 8.53. The van der Waals surface area contributed by atoms with E-state index in [1.165, 1.54) is 7.05 Å². The highest BCUT2D eigenvalue weighted by Crippen LogP contribution is 2.21. The van der Waals surface area contributed by atoms with Crippen LogP contribution in [0.4, 0.5) is 5.69 Å². The summed E-state index contributed by atoms with van der Waals surface area (Å²) >= 11 is 0. The van der Waals surface area contributed by atoms with Crippen molar-refractivity contribution in [3.8, 4) is 0 Å². The molecule has 100 valence electrons. The molecule has 0 bridgehead atoms.